The van der Waals surface area contributed by atoms with Gasteiger partial charge in [0.15, 0.2) is 0 Å². The van der Waals surface area contributed by atoms with Crippen LogP contribution in [-0.4, -0.2) is 51.0 Å². The predicted octanol–water partition coefficient (Wildman–Crippen LogP) is 3.08. The summed E-state index contributed by atoms with van der Waals surface area (Å²) in [6, 6.07) is 0. The minimum absolute atomic E-state index is 0.494. The molecule has 0 aromatic rings. The molecule has 0 amide bonds. The molecule has 0 saturated carbocycles. The topological polar surface area (TPSA) is 21.7 Å². The van der Waals surface area contributed by atoms with Crippen molar-refractivity contribution in [1.82, 2.24) is 4.90 Å². The van der Waals surface area contributed by atoms with Crippen LogP contribution < -0.4 is 0 Å². The number of hydrogen-bond donors (Lipinski definition) is 0. The zero-order valence-corrected chi connectivity index (χ0v) is 12.3. The number of methoxy groups -OCH3 is 1. The maximum Gasteiger partial charge on any atom is 0.0594 e. The summed E-state index contributed by atoms with van der Waals surface area (Å²) in [4.78, 5) is 2.52. The van der Waals surface area contributed by atoms with Crippen molar-refractivity contribution in [3.63, 3.8) is 0 Å². The van der Waals surface area contributed by atoms with Gasteiger partial charge < -0.3 is 9.47 Å². The molecule has 0 aromatic carbocycles. The Labute approximate surface area is 113 Å². The van der Waals surface area contributed by atoms with E-state index in [-0.39, 0.29) is 0 Å². The standard InChI is InChI=1S/C15H31NO2/c1-3-4-8-15(17-2)9-6-5-7-10-16-11-13-18-14-12-16/h15H,3-14H2,1-2H3/t15-/m0/s1. The van der Waals surface area contributed by atoms with Gasteiger partial charge in [0.25, 0.3) is 0 Å². The molecule has 1 aliphatic heterocycles. The quantitative estimate of drug-likeness (QED) is 0.561. The first-order valence-corrected chi connectivity index (χ1v) is 7.69. The summed E-state index contributed by atoms with van der Waals surface area (Å²) >= 11 is 0. The first kappa shape index (κ1) is 15.9. The average molecular weight is 257 g/mol. The molecule has 108 valence electrons. The fourth-order valence-electron chi connectivity index (χ4n) is 2.52. The minimum Gasteiger partial charge on any atom is -0.381 e. The van der Waals surface area contributed by atoms with Gasteiger partial charge in [-0.3, -0.25) is 4.90 Å². The molecule has 0 aliphatic carbocycles. The Hall–Kier alpha value is -0.120. The van der Waals surface area contributed by atoms with Gasteiger partial charge >= 0.3 is 0 Å². The van der Waals surface area contributed by atoms with Gasteiger partial charge in [-0.2, -0.15) is 0 Å². The fourth-order valence-corrected chi connectivity index (χ4v) is 2.52. The average Bonchev–Trinajstić information content (AvgIpc) is 2.43. The Bertz CT molecular complexity index is 181. The van der Waals surface area contributed by atoms with Gasteiger partial charge in [-0.15, -0.1) is 0 Å². The van der Waals surface area contributed by atoms with E-state index >= 15 is 0 Å². The van der Waals surface area contributed by atoms with E-state index in [9.17, 15) is 0 Å². The normalized spacial score (nSPS) is 19.0. The SMILES string of the molecule is CCCC[C@@H](CCCCCN1CCOCC1)OC. The third kappa shape index (κ3) is 7.34. The largest absolute Gasteiger partial charge is 0.381 e. The van der Waals surface area contributed by atoms with Crippen LogP contribution in [0.5, 0.6) is 0 Å². The summed E-state index contributed by atoms with van der Waals surface area (Å²) in [5, 5.41) is 0. The lowest BCUT2D eigenvalue weighted by atomic mass is 10.1. The van der Waals surface area contributed by atoms with E-state index in [1.807, 2.05) is 7.11 Å². The number of ether oxygens (including phenoxy) is 2. The summed E-state index contributed by atoms with van der Waals surface area (Å²) in [7, 11) is 1.86. The smallest absolute Gasteiger partial charge is 0.0594 e. The lowest BCUT2D eigenvalue weighted by Gasteiger charge is -2.26. The van der Waals surface area contributed by atoms with E-state index in [4.69, 9.17) is 9.47 Å². The zero-order valence-electron chi connectivity index (χ0n) is 12.3. The van der Waals surface area contributed by atoms with Crippen LogP contribution in [0.1, 0.15) is 51.9 Å². The molecule has 0 N–H and O–H groups in total. The summed E-state index contributed by atoms with van der Waals surface area (Å²) < 4.78 is 10.9. The zero-order chi connectivity index (χ0) is 13.1. The minimum atomic E-state index is 0.494. The predicted molar refractivity (Wildman–Crippen MR) is 76.0 cm³/mol. The van der Waals surface area contributed by atoms with E-state index in [1.165, 1.54) is 51.5 Å². The molecule has 1 aliphatic rings. The van der Waals surface area contributed by atoms with E-state index in [0.29, 0.717) is 6.10 Å². The Balaban J connectivity index is 1.93. The molecule has 0 unspecified atom stereocenters. The number of hydrogen-bond acceptors (Lipinski definition) is 3. The van der Waals surface area contributed by atoms with Crippen molar-refractivity contribution < 1.29 is 9.47 Å². The number of rotatable bonds is 10. The second-order valence-electron chi connectivity index (χ2n) is 5.30. The molecule has 1 atom stereocenters. The highest BCUT2D eigenvalue weighted by atomic mass is 16.5. The molecular weight excluding hydrogens is 226 g/mol. The highest BCUT2D eigenvalue weighted by molar-refractivity contribution is 4.63. The summed E-state index contributed by atoms with van der Waals surface area (Å²) in [5.41, 5.74) is 0. The van der Waals surface area contributed by atoms with Crippen LogP contribution in [0, 0.1) is 0 Å². The number of morpholine rings is 1. The highest BCUT2D eigenvalue weighted by Crippen LogP contribution is 2.13. The molecule has 1 fully saturated rings. The molecule has 1 rings (SSSR count). The molecule has 3 nitrogen and oxygen atoms in total. The maximum atomic E-state index is 5.52. The Morgan fingerprint density at radius 1 is 1.06 bits per heavy atom. The number of unbranched alkanes of at least 4 members (excludes halogenated alkanes) is 3. The summed E-state index contributed by atoms with van der Waals surface area (Å²) in [5.74, 6) is 0. The van der Waals surface area contributed by atoms with Crippen LogP contribution in [0.15, 0.2) is 0 Å². The molecule has 0 bridgehead atoms. The maximum absolute atomic E-state index is 5.52. The van der Waals surface area contributed by atoms with Gasteiger partial charge in [-0.25, -0.2) is 0 Å². The van der Waals surface area contributed by atoms with E-state index in [0.717, 1.165) is 26.3 Å². The van der Waals surface area contributed by atoms with Gasteiger partial charge in [0.1, 0.15) is 0 Å². The monoisotopic (exact) mass is 257 g/mol. The van der Waals surface area contributed by atoms with Crippen LogP contribution in [0.25, 0.3) is 0 Å². The van der Waals surface area contributed by atoms with Crippen LogP contribution >= 0.6 is 0 Å². The van der Waals surface area contributed by atoms with Crippen LogP contribution in [0.3, 0.4) is 0 Å². The van der Waals surface area contributed by atoms with Crippen molar-refractivity contribution in [2.75, 3.05) is 40.0 Å². The van der Waals surface area contributed by atoms with Crippen molar-refractivity contribution in [2.24, 2.45) is 0 Å². The molecule has 3 heteroatoms. The van der Waals surface area contributed by atoms with Crippen molar-refractivity contribution >= 4 is 0 Å². The van der Waals surface area contributed by atoms with Gasteiger partial charge in [-0.1, -0.05) is 32.6 Å². The van der Waals surface area contributed by atoms with E-state index in [1.54, 1.807) is 0 Å². The van der Waals surface area contributed by atoms with Crippen LogP contribution in [0.2, 0.25) is 0 Å². The molecule has 0 spiro atoms. The van der Waals surface area contributed by atoms with Crippen LogP contribution in [0.4, 0.5) is 0 Å². The molecular formula is C15H31NO2. The van der Waals surface area contributed by atoms with Gasteiger partial charge in [0.05, 0.1) is 19.3 Å². The van der Waals surface area contributed by atoms with Gasteiger partial charge in [0, 0.05) is 20.2 Å². The van der Waals surface area contributed by atoms with E-state index < -0.39 is 0 Å². The lowest BCUT2D eigenvalue weighted by Crippen LogP contribution is -2.36. The number of nitrogens with zero attached hydrogens (tertiary/aromatic N) is 1. The van der Waals surface area contributed by atoms with Gasteiger partial charge in [-0.05, 0) is 25.8 Å². The highest BCUT2D eigenvalue weighted by Gasteiger charge is 2.10. The second-order valence-corrected chi connectivity index (χ2v) is 5.30. The third-order valence-corrected chi connectivity index (χ3v) is 3.82. The molecule has 0 aromatic heterocycles. The molecule has 1 heterocycles. The fraction of sp³-hybridized carbons (Fsp3) is 1.00. The first-order valence-electron chi connectivity index (χ1n) is 7.69. The van der Waals surface area contributed by atoms with Crippen LogP contribution in [-0.2, 0) is 9.47 Å². The first-order chi connectivity index (χ1) is 8.86. The van der Waals surface area contributed by atoms with Crippen molar-refractivity contribution in [2.45, 2.75) is 58.0 Å². The summed E-state index contributed by atoms with van der Waals surface area (Å²) in [6.07, 6.45) is 9.51. The Morgan fingerprint density at radius 3 is 2.44 bits per heavy atom. The van der Waals surface area contributed by atoms with Crippen molar-refractivity contribution in [1.29, 1.82) is 0 Å². The van der Waals surface area contributed by atoms with Crippen molar-refractivity contribution in [3.8, 4) is 0 Å². The summed E-state index contributed by atoms with van der Waals surface area (Å²) in [6.45, 7) is 7.57. The molecule has 0 radical (unpaired) electrons. The molecule has 1 saturated heterocycles. The lowest BCUT2D eigenvalue weighted by molar-refractivity contribution is 0.0368. The Morgan fingerprint density at radius 2 is 1.78 bits per heavy atom. The van der Waals surface area contributed by atoms with Crippen molar-refractivity contribution in [3.05, 3.63) is 0 Å². The Kier molecular flexibility index (Phi) is 9.54. The van der Waals surface area contributed by atoms with E-state index in [2.05, 4.69) is 11.8 Å². The van der Waals surface area contributed by atoms with Gasteiger partial charge in [0.2, 0.25) is 0 Å². The molecule has 18 heavy (non-hydrogen) atoms. The third-order valence-electron chi connectivity index (χ3n) is 3.82. The second kappa shape index (κ2) is 10.8.